The predicted molar refractivity (Wildman–Crippen MR) is 66.3 cm³/mol. The molecule has 7 heteroatoms. The Kier molecular flexibility index (Phi) is 4.11. The number of ether oxygens (including phenoxy) is 1. The first-order valence-corrected chi connectivity index (χ1v) is 5.69. The van der Waals surface area contributed by atoms with E-state index in [1.807, 2.05) is 0 Å². The number of alkyl halides is 2. The van der Waals surface area contributed by atoms with Crippen LogP contribution < -0.4 is 0 Å². The van der Waals surface area contributed by atoms with E-state index < -0.39 is 14.7 Å². The van der Waals surface area contributed by atoms with Gasteiger partial charge in [0.1, 0.15) is 0 Å². The number of benzene rings is 1. The van der Waals surface area contributed by atoms with E-state index in [9.17, 15) is 14.9 Å². The third kappa shape index (κ3) is 2.76. The van der Waals surface area contributed by atoms with Gasteiger partial charge in [0.2, 0.25) is 3.78 Å². The first-order valence-electron chi connectivity index (χ1n) is 4.52. The number of aryl methyl sites for hydroxylation is 1. The van der Waals surface area contributed by atoms with Crippen LogP contribution in [0.25, 0.3) is 0 Å². The number of halogens is 2. The van der Waals surface area contributed by atoms with Crippen molar-refractivity contribution < 1.29 is 14.5 Å². The maximum absolute atomic E-state index is 11.4. The van der Waals surface area contributed by atoms with E-state index >= 15 is 0 Å². The van der Waals surface area contributed by atoms with Gasteiger partial charge in [-0.05, 0) is 40.5 Å². The Morgan fingerprint density at radius 2 is 2.18 bits per heavy atom. The first kappa shape index (κ1) is 13.9. The quantitative estimate of drug-likeness (QED) is 0.371. The number of methoxy groups -OCH3 is 1. The molecule has 0 fully saturated rings. The number of nitrogens with zero attached hydrogens (tertiary/aromatic N) is 1. The molecule has 5 nitrogen and oxygen atoms in total. The Bertz CT molecular complexity index is 475. The molecule has 0 bridgehead atoms. The van der Waals surface area contributed by atoms with Gasteiger partial charge in [-0.1, -0.05) is 11.6 Å². The minimum absolute atomic E-state index is 0.0291. The van der Waals surface area contributed by atoms with Crippen LogP contribution in [0.3, 0.4) is 0 Å². The first-order chi connectivity index (χ1) is 7.80. The zero-order valence-electron chi connectivity index (χ0n) is 9.07. The molecule has 0 aliphatic rings. The molecule has 0 heterocycles. The molecule has 0 N–H and O–H groups in total. The Labute approximate surface area is 111 Å². The summed E-state index contributed by atoms with van der Waals surface area (Å²) in [4.78, 5) is 21.6. The lowest BCUT2D eigenvalue weighted by atomic mass is 10.1. The van der Waals surface area contributed by atoms with Gasteiger partial charge in [-0.15, -0.1) is 0 Å². The molecule has 17 heavy (non-hydrogen) atoms. The highest BCUT2D eigenvalue weighted by molar-refractivity contribution is 9.10. The average Bonchev–Trinajstić information content (AvgIpc) is 2.27. The van der Waals surface area contributed by atoms with Crippen LogP contribution in [0.5, 0.6) is 0 Å². The van der Waals surface area contributed by atoms with E-state index in [2.05, 4.69) is 20.7 Å². The molecule has 1 rings (SSSR count). The molecular weight excluding hydrogens is 313 g/mol. The minimum Gasteiger partial charge on any atom is -0.467 e. The molecule has 0 saturated heterocycles. The van der Waals surface area contributed by atoms with Crippen LogP contribution in [0.15, 0.2) is 18.2 Å². The Morgan fingerprint density at radius 1 is 1.59 bits per heavy atom. The third-order valence-corrected chi connectivity index (χ3v) is 3.35. The van der Waals surface area contributed by atoms with Crippen molar-refractivity contribution in [3.8, 4) is 0 Å². The molecule has 0 radical (unpaired) electrons. The second-order valence-electron chi connectivity index (χ2n) is 3.32. The summed E-state index contributed by atoms with van der Waals surface area (Å²) in [6, 6.07) is 4.17. The number of carbonyl (C=O) groups is 1. The molecule has 0 aromatic heterocycles. The summed E-state index contributed by atoms with van der Waals surface area (Å²) in [6.07, 6.45) is 0. The van der Waals surface area contributed by atoms with Crippen LogP contribution in [-0.4, -0.2) is 18.0 Å². The predicted octanol–water partition coefficient (Wildman–Crippen LogP) is 2.86. The van der Waals surface area contributed by atoms with Crippen LogP contribution in [0.4, 0.5) is 5.69 Å². The van der Waals surface area contributed by atoms with Crippen LogP contribution in [0, 0.1) is 17.0 Å². The number of carbonyl (C=O) groups excluding carboxylic acids is 1. The minimum atomic E-state index is -1.53. The van der Waals surface area contributed by atoms with Crippen molar-refractivity contribution >= 4 is 39.2 Å². The highest BCUT2D eigenvalue weighted by atomic mass is 79.9. The van der Waals surface area contributed by atoms with Gasteiger partial charge in [0, 0.05) is 11.6 Å². The summed E-state index contributed by atoms with van der Waals surface area (Å²) >= 11 is 9.02. The van der Waals surface area contributed by atoms with E-state index in [1.165, 1.54) is 25.3 Å². The molecule has 0 saturated carbocycles. The molecule has 0 aliphatic heterocycles. The van der Waals surface area contributed by atoms with Crippen LogP contribution >= 0.6 is 27.5 Å². The molecule has 0 amide bonds. The van der Waals surface area contributed by atoms with Gasteiger partial charge in [0.15, 0.2) is 0 Å². The van der Waals surface area contributed by atoms with Crippen molar-refractivity contribution in [3.05, 3.63) is 39.4 Å². The number of nitro benzene ring substituents is 1. The van der Waals surface area contributed by atoms with Crippen molar-refractivity contribution in [2.75, 3.05) is 7.11 Å². The van der Waals surface area contributed by atoms with E-state index in [1.54, 1.807) is 6.92 Å². The monoisotopic (exact) mass is 321 g/mol. The van der Waals surface area contributed by atoms with Gasteiger partial charge in [-0.2, -0.15) is 0 Å². The lowest BCUT2D eigenvalue weighted by Gasteiger charge is -2.17. The zero-order chi connectivity index (χ0) is 13.2. The van der Waals surface area contributed by atoms with Crippen LogP contribution in [0.2, 0.25) is 0 Å². The summed E-state index contributed by atoms with van der Waals surface area (Å²) in [7, 11) is 1.21. The molecule has 1 unspecified atom stereocenters. The van der Waals surface area contributed by atoms with Gasteiger partial charge in [0.25, 0.3) is 5.69 Å². The summed E-state index contributed by atoms with van der Waals surface area (Å²) in [5.41, 5.74) is 0.772. The lowest BCUT2D eigenvalue weighted by molar-refractivity contribution is -0.385. The van der Waals surface area contributed by atoms with Gasteiger partial charge < -0.3 is 4.74 Å². The molecule has 0 aliphatic carbocycles. The molecule has 1 aromatic carbocycles. The topological polar surface area (TPSA) is 69.4 Å². The van der Waals surface area contributed by atoms with Gasteiger partial charge in [-0.25, -0.2) is 4.79 Å². The number of hydrogen-bond acceptors (Lipinski definition) is 4. The second kappa shape index (κ2) is 5.01. The summed E-state index contributed by atoms with van der Waals surface area (Å²) < 4.78 is 3.01. The van der Waals surface area contributed by atoms with Crippen molar-refractivity contribution in [2.24, 2.45) is 0 Å². The molecule has 1 aromatic rings. The number of rotatable bonds is 3. The lowest BCUT2D eigenvalue weighted by Crippen LogP contribution is -2.24. The number of nitro groups is 1. The molecule has 92 valence electrons. The Hall–Kier alpha value is -1.14. The van der Waals surface area contributed by atoms with Crippen LogP contribution in [-0.2, 0) is 13.3 Å². The summed E-state index contributed by atoms with van der Waals surface area (Å²) in [6.45, 7) is 1.57. The summed E-state index contributed by atoms with van der Waals surface area (Å²) in [5, 5.41) is 10.6. The van der Waals surface area contributed by atoms with E-state index in [4.69, 9.17) is 11.6 Å². The van der Waals surface area contributed by atoms with E-state index in [0.29, 0.717) is 11.1 Å². The van der Waals surface area contributed by atoms with Crippen molar-refractivity contribution in [2.45, 2.75) is 10.7 Å². The smallest absolute Gasteiger partial charge is 0.342 e. The maximum atomic E-state index is 11.4. The highest BCUT2D eigenvalue weighted by Crippen LogP contribution is 2.38. The number of hydrogen-bond donors (Lipinski definition) is 0. The SMILES string of the molecule is COC(=O)C(Cl)(Br)c1ccc([N+](=O)[O-])c(C)c1. The molecule has 0 spiro atoms. The van der Waals surface area contributed by atoms with Gasteiger partial charge in [0.05, 0.1) is 12.0 Å². The van der Waals surface area contributed by atoms with Crippen LogP contribution in [0.1, 0.15) is 11.1 Å². The fraction of sp³-hybridized carbons (Fsp3) is 0.300. The maximum Gasteiger partial charge on any atom is 0.342 e. The second-order valence-corrected chi connectivity index (χ2v) is 5.54. The van der Waals surface area contributed by atoms with Gasteiger partial charge in [-0.3, -0.25) is 10.1 Å². The average molecular weight is 323 g/mol. The van der Waals surface area contributed by atoms with Crippen molar-refractivity contribution in [1.82, 2.24) is 0 Å². The Morgan fingerprint density at radius 3 is 2.59 bits per heavy atom. The van der Waals surface area contributed by atoms with E-state index in [-0.39, 0.29) is 5.69 Å². The normalized spacial score (nSPS) is 13.9. The standard InChI is InChI=1S/C10H9BrClNO4/c1-6-5-7(3-4-8(6)13(15)16)10(11,12)9(14)17-2/h3-5H,1-2H3. The fourth-order valence-corrected chi connectivity index (χ4v) is 1.90. The summed E-state index contributed by atoms with van der Waals surface area (Å²) in [5.74, 6) is -0.688. The zero-order valence-corrected chi connectivity index (χ0v) is 11.4. The van der Waals surface area contributed by atoms with Crippen molar-refractivity contribution in [1.29, 1.82) is 0 Å². The fourth-order valence-electron chi connectivity index (χ4n) is 1.30. The highest BCUT2D eigenvalue weighted by Gasteiger charge is 2.37. The largest absolute Gasteiger partial charge is 0.467 e. The molecule has 1 atom stereocenters. The van der Waals surface area contributed by atoms with Gasteiger partial charge >= 0.3 is 5.97 Å². The Balaban J connectivity index is 3.22. The molecular formula is C10H9BrClNO4. The third-order valence-electron chi connectivity index (χ3n) is 2.20. The van der Waals surface area contributed by atoms with E-state index in [0.717, 1.165) is 0 Å². The van der Waals surface area contributed by atoms with Crippen molar-refractivity contribution in [3.63, 3.8) is 0 Å². The number of esters is 1.